The molecule has 1 rings (SSSR count). The Bertz CT molecular complexity index is 91.6. The van der Waals surface area contributed by atoms with Gasteiger partial charge in [-0.05, 0) is 26.7 Å². The van der Waals surface area contributed by atoms with Gasteiger partial charge in [-0.3, -0.25) is 0 Å². The van der Waals surface area contributed by atoms with E-state index in [9.17, 15) is 0 Å². The molecule has 0 aromatic carbocycles. The van der Waals surface area contributed by atoms with E-state index >= 15 is 0 Å². The topological polar surface area (TPSA) is 38.5 Å². The minimum absolute atomic E-state index is 0.00799. The van der Waals surface area contributed by atoms with Gasteiger partial charge in [-0.15, -0.1) is 0 Å². The third kappa shape index (κ3) is 3.49. The minimum Gasteiger partial charge on any atom is -0.373 e. The monoisotopic (exact) mass is 129 g/mol. The molecule has 9 heavy (non-hydrogen) atoms. The molecule has 0 aromatic rings. The van der Waals surface area contributed by atoms with E-state index in [1.165, 1.54) is 0 Å². The van der Waals surface area contributed by atoms with Crippen LogP contribution in [0.3, 0.4) is 0 Å². The summed E-state index contributed by atoms with van der Waals surface area (Å²) >= 11 is 0. The van der Waals surface area contributed by atoms with Crippen molar-refractivity contribution in [2.75, 3.05) is 6.61 Å². The molecule has 0 amide bonds. The summed E-state index contributed by atoms with van der Waals surface area (Å²) in [5.74, 6) is 0. The molecule has 1 aliphatic rings. The maximum absolute atomic E-state index is 5.76. The van der Waals surface area contributed by atoms with Gasteiger partial charge in [0.25, 0.3) is 0 Å². The van der Waals surface area contributed by atoms with Gasteiger partial charge in [-0.25, -0.2) is 0 Å². The molecule has 0 aliphatic carbocycles. The molecule has 2 nitrogen and oxygen atoms in total. The number of hydrogen-bond donors (Lipinski definition) is 1. The van der Waals surface area contributed by atoms with E-state index in [4.69, 9.17) is 10.5 Å². The summed E-state index contributed by atoms with van der Waals surface area (Å²) in [6, 6.07) is 0. The summed E-state index contributed by atoms with van der Waals surface area (Å²) in [6.07, 6.45) is 2.73. The van der Waals surface area contributed by atoms with Crippen LogP contribution in [0.2, 0.25) is 0 Å². The lowest BCUT2D eigenvalue weighted by Crippen LogP contribution is -2.31. The van der Waals surface area contributed by atoms with Crippen molar-refractivity contribution in [3.63, 3.8) is 0 Å². The number of nitrogens with two attached hydrogens (primary N) is 1. The van der Waals surface area contributed by atoms with Gasteiger partial charge >= 0.3 is 0 Å². The molecule has 0 spiro atoms. The molecule has 54 valence electrons. The van der Waals surface area contributed by atoms with Gasteiger partial charge in [-0.1, -0.05) is 0 Å². The van der Waals surface area contributed by atoms with E-state index in [0.29, 0.717) is 6.10 Å². The first-order chi connectivity index (χ1) is 4.08. The highest BCUT2D eigenvalue weighted by Crippen LogP contribution is 2.19. The Morgan fingerprint density at radius 2 is 2.22 bits per heavy atom. The lowest BCUT2D eigenvalue weighted by molar-refractivity contribution is 0.362. The standard InChI is InChI=1S/C7H15NO/c1-7(2,8)4-3-6-5-9-6/h6H,3-5,8H2,1-2H3. The fourth-order valence-corrected chi connectivity index (χ4v) is 0.768. The second-order valence-corrected chi connectivity index (χ2v) is 3.48. The van der Waals surface area contributed by atoms with Crippen molar-refractivity contribution in [3.8, 4) is 0 Å². The Hall–Kier alpha value is -0.0800. The van der Waals surface area contributed by atoms with Gasteiger partial charge < -0.3 is 10.5 Å². The molecule has 0 radical (unpaired) electrons. The van der Waals surface area contributed by atoms with Gasteiger partial charge in [-0.2, -0.15) is 0 Å². The molecule has 1 aliphatic heterocycles. The van der Waals surface area contributed by atoms with Crippen molar-refractivity contribution in [2.24, 2.45) is 5.73 Å². The molecule has 2 heteroatoms. The summed E-state index contributed by atoms with van der Waals surface area (Å²) < 4.78 is 5.05. The number of rotatable bonds is 3. The van der Waals surface area contributed by atoms with Crippen LogP contribution in [0.4, 0.5) is 0 Å². The largest absolute Gasteiger partial charge is 0.373 e. The van der Waals surface area contributed by atoms with E-state index in [1.54, 1.807) is 0 Å². The van der Waals surface area contributed by atoms with Crippen LogP contribution < -0.4 is 5.73 Å². The maximum Gasteiger partial charge on any atom is 0.0810 e. The van der Waals surface area contributed by atoms with Gasteiger partial charge in [0.05, 0.1) is 12.7 Å². The summed E-state index contributed by atoms with van der Waals surface area (Å²) in [7, 11) is 0. The van der Waals surface area contributed by atoms with E-state index in [1.807, 2.05) is 0 Å². The van der Waals surface area contributed by atoms with Gasteiger partial charge in [0.2, 0.25) is 0 Å². The summed E-state index contributed by atoms with van der Waals surface area (Å²) in [5, 5.41) is 0. The Kier molecular flexibility index (Phi) is 1.78. The number of ether oxygens (including phenoxy) is 1. The Morgan fingerprint density at radius 3 is 2.56 bits per heavy atom. The first-order valence-electron chi connectivity index (χ1n) is 3.48. The molecule has 2 N–H and O–H groups in total. The lowest BCUT2D eigenvalue weighted by atomic mass is 9.99. The molecule has 1 fully saturated rings. The van der Waals surface area contributed by atoms with Crippen molar-refractivity contribution < 1.29 is 4.74 Å². The summed E-state index contributed by atoms with van der Waals surface area (Å²) in [5.41, 5.74) is 5.75. The Morgan fingerprint density at radius 1 is 1.67 bits per heavy atom. The van der Waals surface area contributed by atoms with Crippen LogP contribution in [-0.2, 0) is 4.74 Å². The molecule has 0 bridgehead atoms. The lowest BCUT2D eigenvalue weighted by Gasteiger charge is -2.16. The van der Waals surface area contributed by atoms with Crippen LogP contribution in [0.5, 0.6) is 0 Å². The number of hydrogen-bond acceptors (Lipinski definition) is 2. The highest BCUT2D eigenvalue weighted by molar-refractivity contribution is 4.77. The summed E-state index contributed by atoms with van der Waals surface area (Å²) in [4.78, 5) is 0. The SMILES string of the molecule is CC(C)(N)CCC1CO1. The average Bonchev–Trinajstić information content (AvgIpc) is 2.38. The first-order valence-corrected chi connectivity index (χ1v) is 3.48. The van der Waals surface area contributed by atoms with Crippen molar-refractivity contribution in [3.05, 3.63) is 0 Å². The Balaban J connectivity index is 2.03. The number of epoxide rings is 1. The molecular weight excluding hydrogens is 114 g/mol. The second kappa shape index (κ2) is 2.27. The maximum atomic E-state index is 5.76. The predicted octanol–water partition coefficient (Wildman–Crippen LogP) is 0.903. The predicted molar refractivity (Wildman–Crippen MR) is 37.2 cm³/mol. The minimum atomic E-state index is -0.00799. The van der Waals surface area contributed by atoms with Crippen LogP contribution in [0.15, 0.2) is 0 Å². The molecule has 1 atom stereocenters. The van der Waals surface area contributed by atoms with Crippen molar-refractivity contribution in [2.45, 2.75) is 38.3 Å². The molecule has 1 heterocycles. The molecule has 1 unspecified atom stereocenters. The van der Waals surface area contributed by atoms with Crippen LogP contribution in [-0.4, -0.2) is 18.2 Å². The fourth-order valence-electron chi connectivity index (χ4n) is 0.768. The zero-order valence-corrected chi connectivity index (χ0v) is 6.18. The average molecular weight is 129 g/mol. The molecule has 1 saturated heterocycles. The van der Waals surface area contributed by atoms with Crippen LogP contribution in [0.25, 0.3) is 0 Å². The Labute approximate surface area is 56.4 Å². The highest BCUT2D eigenvalue weighted by Gasteiger charge is 2.24. The van der Waals surface area contributed by atoms with Crippen LogP contribution in [0.1, 0.15) is 26.7 Å². The smallest absolute Gasteiger partial charge is 0.0810 e. The van der Waals surface area contributed by atoms with Crippen molar-refractivity contribution in [1.82, 2.24) is 0 Å². The third-order valence-electron chi connectivity index (χ3n) is 1.51. The summed E-state index contributed by atoms with van der Waals surface area (Å²) in [6.45, 7) is 5.06. The van der Waals surface area contributed by atoms with E-state index < -0.39 is 0 Å². The van der Waals surface area contributed by atoms with E-state index in [-0.39, 0.29) is 5.54 Å². The van der Waals surface area contributed by atoms with Gasteiger partial charge in [0.1, 0.15) is 0 Å². The molecule has 0 saturated carbocycles. The second-order valence-electron chi connectivity index (χ2n) is 3.48. The highest BCUT2D eigenvalue weighted by atomic mass is 16.6. The zero-order valence-electron chi connectivity index (χ0n) is 6.18. The van der Waals surface area contributed by atoms with Crippen LogP contribution in [0, 0.1) is 0 Å². The third-order valence-corrected chi connectivity index (χ3v) is 1.51. The molecule has 0 aromatic heterocycles. The normalized spacial score (nSPS) is 26.3. The van der Waals surface area contributed by atoms with Gasteiger partial charge in [0, 0.05) is 5.54 Å². The fraction of sp³-hybridized carbons (Fsp3) is 1.00. The van der Waals surface area contributed by atoms with E-state index in [2.05, 4.69) is 13.8 Å². The van der Waals surface area contributed by atoms with Crippen LogP contribution >= 0.6 is 0 Å². The quantitative estimate of drug-likeness (QED) is 0.575. The van der Waals surface area contributed by atoms with E-state index in [0.717, 1.165) is 19.4 Å². The zero-order chi connectivity index (χ0) is 6.91. The van der Waals surface area contributed by atoms with Crippen molar-refractivity contribution >= 4 is 0 Å². The first kappa shape index (κ1) is 7.03. The van der Waals surface area contributed by atoms with Crippen molar-refractivity contribution in [1.29, 1.82) is 0 Å². The molecular formula is C7H15NO. The van der Waals surface area contributed by atoms with Gasteiger partial charge in [0.15, 0.2) is 0 Å².